The molecule has 1 atom stereocenters. The maximum Gasteiger partial charge on any atom is 0.192 e. The van der Waals surface area contributed by atoms with E-state index < -0.39 is 8.32 Å². The highest BCUT2D eigenvalue weighted by molar-refractivity contribution is 6.74. The van der Waals surface area contributed by atoms with Crippen LogP contribution in [0.3, 0.4) is 0 Å². The SMILES string of the molecule is CC(Cc1cc(-c2cnc3ccc(Cl)nn23)ncn1)O[Si](C)(C)C(C)(C)C. The molecule has 0 aliphatic carbocycles. The molecule has 144 valence electrons. The number of nitrogens with zero attached hydrogens (tertiary/aromatic N) is 5. The molecule has 0 bridgehead atoms. The van der Waals surface area contributed by atoms with E-state index in [1.165, 1.54) is 0 Å². The first kappa shape index (κ1) is 19.9. The lowest BCUT2D eigenvalue weighted by molar-refractivity contribution is 0.198. The van der Waals surface area contributed by atoms with Gasteiger partial charge in [0.2, 0.25) is 0 Å². The summed E-state index contributed by atoms with van der Waals surface area (Å²) in [5.74, 6) is 0. The molecule has 1 unspecified atom stereocenters. The van der Waals surface area contributed by atoms with Gasteiger partial charge in [-0.2, -0.15) is 5.10 Å². The molecule has 6 nitrogen and oxygen atoms in total. The van der Waals surface area contributed by atoms with Crippen LogP contribution in [0.25, 0.3) is 17.0 Å². The molecule has 0 saturated carbocycles. The van der Waals surface area contributed by atoms with Crippen LogP contribution in [0, 0.1) is 0 Å². The molecule has 0 saturated heterocycles. The minimum atomic E-state index is -1.81. The van der Waals surface area contributed by atoms with Crippen molar-refractivity contribution in [1.82, 2.24) is 24.6 Å². The molecule has 8 heteroatoms. The van der Waals surface area contributed by atoms with Gasteiger partial charge < -0.3 is 4.43 Å². The highest BCUT2D eigenvalue weighted by Crippen LogP contribution is 2.37. The minimum absolute atomic E-state index is 0.0865. The largest absolute Gasteiger partial charge is 0.414 e. The number of hydrogen-bond acceptors (Lipinski definition) is 5. The number of hydrogen-bond donors (Lipinski definition) is 0. The van der Waals surface area contributed by atoms with Crippen LogP contribution < -0.4 is 0 Å². The second-order valence-electron chi connectivity index (χ2n) is 8.36. The number of fused-ring (bicyclic) bond motifs is 1. The van der Waals surface area contributed by atoms with Crippen molar-refractivity contribution in [2.75, 3.05) is 0 Å². The van der Waals surface area contributed by atoms with Crippen molar-refractivity contribution in [2.24, 2.45) is 0 Å². The van der Waals surface area contributed by atoms with Gasteiger partial charge in [0.1, 0.15) is 17.2 Å². The van der Waals surface area contributed by atoms with Crippen LogP contribution in [-0.2, 0) is 10.8 Å². The average Bonchev–Trinajstić information content (AvgIpc) is 2.96. The zero-order valence-electron chi connectivity index (χ0n) is 16.7. The summed E-state index contributed by atoms with van der Waals surface area (Å²) in [4.78, 5) is 13.2. The maximum absolute atomic E-state index is 6.45. The molecule has 0 spiro atoms. The van der Waals surface area contributed by atoms with Gasteiger partial charge in [0.15, 0.2) is 14.0 Å². The predicted molar refractivity (Wildman–Crippen MR) is 110 cm³/mol. The van der Waals surface area contributed by atoms with Crippen LogP contribution in [0.5, 0.6) is 0 Å². The third kappa shape index (κ3) is 4.36. The van der Waals surface area contributed by atoms with Crippen molar-refractivity contribution in [3.8, 4) is 11.4 Å². The topological polar surface area (TPSA) is 65.2 Å². The van der Waals surface area contributed by atoms with Crippen LogP contribution in [0.1, 0.15) is 33.4 Å². The van der Waals surface area contributed by atoms with E-state index in [9.17, 15) is 0 Å². The van der Waals surface area contributed by atoms with Crippen molar-refractivity contribution in [2.45, 2.75) is 58.4 Å². The summed E-state index contributed by atoms with van der Waals surface area (Å²) in [6, 6.07) is 5.52. The Bertz CT molecular complexity index is 951. The van der Waals surface area contributed by atoms with Crippen molar-refractivity contribution >= 4 is 25.6 Å². The summed E-state index contributed by atoms with van der Waals surface area (Å²) in [6.07, 6.45) is 4.14. The van der Waals surface area contributed by atoms with Gasteiger partial charge in [0.05, 0.1) is 11.9 Å². The van der Waals surface area contributed by atoms with Crippen molar-refractivity contribution in [3.63, 3.8) is 0 Å². The quantitative estimate of drug-likeness (QED) is 0.573. The number of rotatable bonds is 5. The summed E-state index contributed by atoms with van der Waals surface area (Å²) >= 11 is 6.03. The highest BCUT2D eigenvalue weighted by Gasteiger charge is 2.38. The summed E-state index contributed by atoms with van der Waals surface area (Å²) < 4.78 is 8.15. The Morgan fingerprint density at radius 1 is 1.19 bits per heavy atom. The van der Waals surface area contributed by atoms with Crippen LogP contribution in [0.4, 0.5) is 0 Å². The molecule has 0 aliphatic rings. The number of imidazole rings is 1. The number of aromatic nitrogens is 5. The molecule has 3 aromatic heterocycles. The van der Waals surface area contributed by atoms with Gasteiger partial charge >= 0.3 is 0 Å². The van der Waals surface area contributed by atoms with Gasteiger partial charge in [-0.15, -0.1) is 0 Å². The van der Waals surface area contributed by atoms with E-state index in [4.69, 9.17) is 16.0 Å². The fraction of sp³-hybridized carbons (Fsp3) is 0.474. The lowest BCUT2D eigenvalue weighted by atomic mass is 10.2. The van der Waals surface area contributed by atoms with E-state index in [1.54, 1.807) is 23.1 Å². The number of halogens is 1. The zero-order chi connectivity index (χ0) is 19.8. The molecule has 27 heavy (non-hydrogen) atoms. The Morgan fingerprint density at radius 2 is 1.93 bits per heavy atom. The summed E-state index contributed by atoms with van der Waals surface area (Å²) in [6.45, 7) is 13.4. The fourth-order valence-corrected chi connectivity index (χ4v) is 4.27. The van der Waals surface area contributed by atoms with Crippen LogP contribution in [0.15, 0.2) is 30.7 Å². The molecule has 0 amide bonds. The Kier molecular flexibility index (Phi) is 5.38. The molecular weight excluding hydrogens is 378 g/mol. The van der Waals surface area contributed by atoms with E-state index in [0.717, 1.165) is 29.1 Å². The normalized spacial score (nSPS) is 13.9. The summed E-state index contributed by atoms with van der Waals surface area (Å²) in [5.41, 5.74) is 3.21. The molecule has 0 fully saturated rings. The zero-order valence-corrected chi connectivity index (χ0v) is 18.4. The van der Waals surface area contributed by atoms with Crippen molar-refractivity contribution in [1.29, 1.82) is 0 Å². The van der Waals surface area contributed by atoms with Crippen molar-refractivity contribution < 1.29 is 4.43 Å². The summed E-state index contributed by atoms with van der Waals surface area (Å²) in [5, 5.41) is 4.91. The Morgan fingerprint density at radius 3 is 2.63 bits per heavy atom. The van der Waals surface area contributed by atoms with Crippen LogP contribution in [0.2, 0.25) is 23.3 Å². The smallest absolute Gasteiger partial charge is 0.192 e. The molecule has 0 N–H and O–H groups in total. The van der Waals surface area contributed by atoms with Gasteiger partial charge in [0, 0.05) is 18.2 Å². The first-order valence-corrected chi connectivity index (χ1v) is 12.3. The summed E-state index contributed by atoms with van der Waals surface area (Å²) in [7, 11) is -1.81. The molecule has 0 aromatic carbocycles. The predicted octanol–water partition coefficient (Wildman–Crippen LogP) is 4.79. The Balaban J connectivity index is 1.82. The second-order valence-corrected chi connectivity index (χ2v) is 13.5. The first-order valence-electron chi connectivity index (χ1n) is 9.06. The van der Waals surface area contributed by atoms with E-state index in [-0.39, 0.29) is 11.1 Å². The van der Waals surface area contributed by atoms with Gasteiger partial charge in [0.25, 0.3) is 0 Å². The third-order valence-corrected chi connectivity index (χ3v) is 9.92. The highest BCUT2D eigenvalue weighted by atomic mass is 35.5. The van der Waals surface area contributed by atoms with Gasteiger partial charge in [-0.25, -0.2) is 19.5 Å². The van der Waals surface area contributed by atoms with Gasteiger partial charge in [-0.05, 0) is 43.3 Å². The third-order valence-electron chi connectivity index (χ3n) is 5.11. The standard InChI is InChI=1S/C19H26ClN5OSi/c1-13(26-27(5,6)19(2,3)4)9-14-10-15(23-12-22-14)16-11-21-18-8-7-17(20)24-25(16)18/h7-8,10-13H,9H2,1-6H3. The lowest BCUT2D eigenvalue weighted by Gasteiger charge is -2.38. The molecule has 0 radical (unpaired) electrons. The molecule has 3 aromatic rings. The van der Waals surface area contributed by atoms with Crippen molar-refractivity contribution in [3.05, 3.63) is 41.6 Å². The first-order chi connectivity index (χ1) is 12.6. The van der Waals surface area contributed by atoms with E-state index in [0.29, 0.717) is 5.15 Å². The molecule has 3 heterocycles. The monoisotopic (exact) mass is 403 g/mol. The average molecular weight is 404 g/mol. The molecule has 0 aliphatic heterocycles. The van der Waals surface area contributed by atoms with E-state index in [2.05, 4.69) is 60.8 Å². The minimum Gasteiger partial charge on any atom is -0.414 e. The van der Waals surface area contributed by atoms with E-state index in [1.807, 2.05) is 12.1 Å². The lowest BCUT2D eigenvalue weighted by Crippen LogP contribution is -2.43. The second kappa shape index (κ2) is 7.29. The van der Waals surface area contributed by atoms with Crippen LogP contribution >= 0.6 is 11.6 Å². The Hall–Kier alpha value is -1.83. The molecule has 3 rings (SSSR count). The van der Waals surface area contributed by atoms with Gasteiger partial charge in [-0.3, -0.25) is 0 Å². The fourth-order valence-electron chi connectivity index (χ4n) is 2.69. The van der Waals surface area contributed by atoms with Gasteiger partial charge in [-0.1, -0.05) is 32.4 Å². The Labute approximate surface area is 166 Å². The molecular formula is C19H26ClN5OSi. The maximum atomic E-state index is 6.45. The van der Waals surface area contributed by atoms with Crippen LogP contribution in [-0.4, -0.2) is 39.0 Å². The van der Waals surface area contributed by atoms with E-state index >= 15 is 0 Å².